The smallest absolute Gasteiger partial charge is 0.326 e. The van der Waals surface area contributed by atoms with Gasteiger partial charge in [-0.2, -0.15) is 0 Å². The van der Waals surface area contributed by atoms with Gasteiger partial charge < -0.3 is 57.8 Å². The van der Waals surface area contributed by atoms with Gasteiger partial charge in [-0.1, -0.05) is 125 Å². The Morgan fingerprint density at radius 2 is 0.873 bits per heavy atom. The monoisotopic (exact) mass is 1910 g/mol. The Morgan fingerprint density at radius 1 is 0.440 bits per heavy atom. The minimum Gasteiger partial charge on any atom is -0.497 e. The zero-order valence-electron chi connectivity index (χ0n) is 79.8. The van der Waals surface area contributed by atoms with Crippen molar-refractivity contribution in [2.75, 3.05) is 110 Å². The van der Waals surface area contributed by atoms with Gasteiger partial charge in [-0.15, -0.1) is 0 Å². The Bertz CT molecular complexity index is 5630. The fourth-order valence-electron chi connectivity index (χ4n) is 19.3. The summed E-state index contributed by atoms with van der Waals surface area (Å²) in [5, 5.41) is 3.17. The third-order valence-electron chi connectivity index (χ3n) is 26.1. The first kappa shape index (κ1) is 99.3. The summed E-state index contributed by atoms with van der Waals surface area (Å²) in [5.74, 6) is 5.81. The fraction of sp³-hybridized carbons (Fsp3) is 0.421. The highest BCUT2D eigenvalue weighted by atomic mass is 35.5. The molecule has 5 atom stereocenters. The van der Waals surface area contributed by atoms with Crippen LogP contribution < -0.4 is 38.2 Å². The molecule has 0 spiro atoms. The lowest BCUT2D eigenvalue weighted by molar-refractivity contribution is -0.139. The Kier molecular flexibility index (Phi) is 32.9. The molecule has 0 unspecified atom stereocenters. The van der Waals surface area contributed by atoms with Crippen molar-refractivity contribution in [1.82, 2.24) is 39.2 Å². The minimum absolute atomic E-state index is 0.0252. The number of amidine groups is 2. The summed E-state index contributed by atoms with van der Waals surface area (Å²) in [5.41, 5.74) is 11.0. The Labute approximate surface area is 816 Å². The molecule has 3 saturated heterocycles. The number of piperazine rings is 3. The maximum atomic E-state index is 14.7. The molecule has 0 aromatic heterocycles. The van der Waals surface area contributed by atoms with Crippen molar-refractivity contribution in [2.24, 2.45) is 15.9 Å². The van der Waals surface area contributed by atoms with Crippen molar-refractivity contribution in [1.29, 1.82) is 0 Å². The predicted octanol–water partition coefficient (Wildman–Crippen LogP) is 22.8. The van der Waals surface area contributed by atoms with Crippen molar-refractivity contribution in [3.8, 4) is 34.5 Å². The number of halogens is 5. The summed E-state index contributed by atoms with van der Waals surface area (Å²) in [6, 6.07) is 61.3. The first-order chi connectivity index (χ1) is 64.2. The van der Waals surface area contributed by atoms with Gasteiger partial charge in [-0.3, -0.25) is 39.2 Å². The van der Waals surface area contributed by atoms with E-state index >= 15 is 0 Å². The number of anilines is 2. The number of carbonyl (C=O) groups excluding carboxylic acids is 4. The van der Waals surface area contributed by atoms with Gasteiger partial charge in [0.15, 0.2) is 11.5 Å². The van der Waals surface area contributed by atoms with E-state index in [1.807, 2.05) is 241 Å². The molecule has 6 aliphatic heterocycles. The van der Waals surface area contributed by atoms with Gasteiger partial charge in [0, 0.05) is 144 Å². The number of carbonyl (C=O) groups is 4. The molecule has 27 heteroatoms. The molecule has 9 aromatic carbocycles. The number of methoxy groups -OCH3 is 3. The standard InChI is InChI=1S/C40H51ClN4O4.C34H38Cl2N4O3.C33H38Cl2N4O3/c1-26(2)44-20-19-43(25-39(44)47)33-13-7-28(8-14-33)24-42(5)32-15-17-34(18-16-32)45-38(46)22-30-21-36(48-6)37(49-27(3)4)23-35(30)40(45)29-9-11-31(41)12-10-29;1-21(2)39-18-17-38(20-23(39)5)34(41)40-32(25-9-13-27(36)14-10-25)31(24-7-11-26(35)12-8-24)37-33(40)29-16-15-28(42-6)19-30(29)43-22(3)4;1-21(2)37-16-18-38(19-17-37)33(40)39-31(24-8-12-26(35)13-9-24)30(23-6-10-25(34)11-7-23)36-32(39)28-15-14-27(41-5)20-29(28)42-22(3)4/h9-12,15-18,21,23,26-28,33,40H,7-8,13-14,19-20,22,24-25H2,1-6H3;7-16,19,21-22,31-32H,5,17-18,20H2,1-4,6H3;6-15,20-22,30-31H,16-19H2,1-5H3/t28?,33?,40-;31-,32+;30-,31+/m000/s1. The maximum absolute atomic E-state index is 14.7. The van der Waals surface area contributed by atoms with Crippen LogP contribution in [-0.2, 0) is 16.0 Å². The lowest BCUT2D eigenvalue weighted by Crippen LogP contribution is -2.55. The number of nitrogens with zero attached hydrogens (tertiary/aromatic N) is 12. The number of amides is 6. The molecule has 7 aliphatic rings. The summed E-state index contributed by atoms with van der Waals surface area (Å²) in [4.78, 5) is 87.4. The molecule has 710 valence electrons. The van der Waals surface area contributed by atoms with E-state index in [1.165, 1.54) is 12.8 Å². The summed E-state index contributed by atoms with van der Waals surface area (Å²) in [7, 11) is 7.04. The van der Waals surface area contributed by atoms with Crippen LogP contribution in [0.15, 0.2) is 216 Å². The number of fused-ring (bicyclic) bond motifs is 1. The minimum atomic E-state index is -0.452. The first-order valence-corrected chi connectivity index (χ1v) is 48.7. The molecule has 0 N–H and O–H groups in total. The van der Waals surface area contributed by atoms with E-state index < -0.39 is 18.1 Å². The average molecular weight is 1920 g/mol. The van der Waals surface area contributed by atoms with Gasteiger partial charge >= 0.3 is 12.1 Å². The van der Waals surface area contributed by atoms with Crippen LogP contribution in [0.2, 0.25) is 25.1 Å². The van der Waals surface area contributed by atoms with E-state index in [9.17, 15) is 19.2 Å². The van der Waals surface area contributed by atoms with Gasteiger partial charge in [-0.05, 0) is 275 Å². The Hall–Kier alpha value is -10.7. The number of rotatable bonds is 24. The summed E-state index contributed by atoms with van der Waals surface area (Å²) < 4.78 is 35.4. The molecule has 4 fully saturated rings. The molecule has 16 rings (SSSR count). The molecule has 134 heavy (non-hydrogen) atoms. The number of hydrogen-bond donors (Lipinski definition) is 0. The molecular formula is C107H127Cl5N12O10. The zero-order valence-corrected chi connectivity index (χ0v) is 83.6. The van der Waals surface area contributed by atoms with Crippen LogP contribution in [0, 0.1) is 5.92 Å². The van der Waals surface area contributed by atoms with E-state index in [1.54, 1.807) is 21.3 Å². The predicted molar refractivity (Wildman–Crippen MR) is 540 cm³/mol. The molecule has 1 aliphatic carbocycles. The summed E-state index contributed by atoms with van der Waals surface area (Å²) in [6.07, 6.45) is 4.67. The Balaban J connectivity index is 0.000000162. The second-order valence-electron chi connectivity index (χ2n) is 37.1. The molecule has 6 heterocycles. The number of benzene rings is 9. The quantitative estimate of drug-likeness (QED) is 0.0557. The van der Waals surface area contributed by atoms with Crippen LogP contribution >= 0.6 is 58.0 Å². The SMILES string of the molecule is C=C1CN(C(=O)N2C(c3ccc(OC)cc3OC(C)C)=N[C@@H](c3ccc(Cl)cc3)[C@H]2c2ccc(Cl)cc2)CCN1C(C)C.COc1cc2c(cc1OC(C)C)[C@H](c1ccc(Cl)cc1)N(c1ccc(N(C)CC3CCC(N4CCN(C(C)C)C(=O)C4)CC3)cc1)C(=O)C2.COc1ccc(C2=N[C@@H](c3ccc(Cl)cc3)[C@@H](c3ccc(Cl)cc3)N2C(=O)N2CCN(C(C)C)CC2)c(OC(C)C)c1. The van der Waals surface area contributed by atoms with Crippen LogP contribution in [0.4, 0.5) is 21.0 Å². The van der Waals surface area contributed by atoms with Crippen LogP contribution in [0.3, 0.4) is 0 Å². The Morgan fingerprint density at radius 3 is 1.30 bits per heavy atom. The van der Waals surface area contributed by atoms with Gasteiger partial charge in [0.1, 0.15) is 46.8 Å². The van der Waals surface area contributed by atoms with Crippen LogP contribution in [0.1, 0.15) is 189 Å². The lowest BCUT2D eigenvalue weighted by atomic mass is 9.84. The highest BCUT2D eigenvalue weighted by molar-refractivity contribution is 6.32. The summed E-state index contributed by atoms with van der Waals surface area (Å²) >= 11 is 31.5. The molecule has 22 nitrogen and oxygen atoms in total. The number of ether oxygens (including phenoxy) is 6. The van der Waals surface area contributed by atoms with Crippen molar-refractivity contribution in [3.63, 3.8) is 0 Å². The van der Waals surface area contributed by atoms with Crippen molar-refractivity contribution >= 4 is 105 Å². The largest absolute Gasteiger partial charge is 0.497 e. The van der Waals surface area contributed by atoms with E-state index in [4.69, 9.17) is 96.4 Å². The van der Waals surface area contributed by atoms with Crippen molar-refractivity contribution in [3.05, 3.63) is 282 Å². The van der Waals surface area contributed by atoms with E-state index in [2.05, 4.69) is 99.0 Å². The summed E-state index contributed by atoms with van der Waals surface area (Å²) in [6.45, 7) is 37.0. The second-order valence-corrected chi connectivity index (χ2v) is 39.3. The molecule has 9 aromatic rings. The highest BCUT2D eigenvalue weighted by Gasteiger charge is 2.49. The van der Waals surface area contributed by atoms with Crippen LogP contribution in [0.25, 0.3) is 0 Å². The topological polar surface area (TPSA) is 181 Å². The van der Waals surface area contributed by atoms with E-state index in [0.29, 0.717) is 140 Å². The van der Waals surface area contributed by atoms with Gasteiger partial charge in [0.25, 0.3) is 0 Å². The molecule has 6 amide bonds. The average Bonchev–Trinajstić information content (AvgIpc) is 1.46. The number of hydrogen-bond acceptors (Lipinski definition) is 16. The van der Waals surface area contributed by atoms with Crippen LogP contribution in [0.5, 0.6) is 34.5 Å². The van der Waals surface area contributed by atoms with Crippen LogP contribution in [-0.4, -0.2) is 218 Å². The first-order valence-electron chi connectivity index (χ1n) is 46.8. The number of aliphatic imine (C=N–C) groups is 2. The zero-order chi connectivity index (χ0) is 95.6. The van der Waals surface area contributed by atoms with Gasteiger partial charge in [0.05, 0.1) is 88.4 Å². The third-order valence-corrected chi connectivity index (χ3v) is 27.3. The lowest BCUT2D eigenvalue weighted by Gasteiger charge is -2.43. The van der Waals surface area contributed by atoms with E-state index in [-0.39, 0.29) is 66.7 Å². The van der Waals surface area contributed by atoms with E-state index in [0.717, 1.165) is 107 Å². The second kappa shape index (κ2) is 44.4. The fourth-order valence-corrected chi connectivity index (χ4v) is 19.9. The van der Waals surface area contributed by atoms with Crippen molar-refractivity contribution in [2.45, 2.75) is 188 Å². The molecular weight excluding hydrogens is 1790 g/mol. The normalized spacial score (nSPS) is 20.1. The molecule has 0 bridgehead atoms. The highest BCUT2D eigenvalue weighted by Crippen LogP contribution is 2.51. The molecule has 0 radical (unpaired) electrons. The third kappa shape index (κ3) is 23.2. The maximum Gasteiger partial charge on any atom is 0.326 e. The molecule has 1 saturated carbocycles. The number of urea groups is 2. The van der Waals surface area contributed by atoms with Gasteiger partial charge in [-0.25, -0.2) is 9.59 Å². The van der Waals surface area contributed by atoms with Gasteiger partial charge in [0.2, 0.25) is 11.8 Å². The van der Waals surface area contributed by atoms with Crippen molar-refractivity contribution < 1.29 is 47.6 Å².